The summed E-state index contributed by atoms with van der Waals surface area (Å²) >= 11 is 0. The molecular formula is C15H23NO2. The van der Waals surface area contributed by atoms with Crippen molar-refractivity contribution in [2.24, 2.45) is 5.73 Å². The molecule has 0 radical (unpaired) electrons. The van der Waals surface area contributed by atoms with E-state index < -0.39 is 0 Å². The quantitative estimate of drug-likeness (QED) is 0.756. The number of esters is 1. The number of ether oxygens (including phenoxy) is 1. The Morgan fingerprint density at radius 1 is 1.28 bits per heavy atom. The van der Waals surface area contributed by atoms with Crippen molar-refractivity contribution in [3.8, 4) is 0 Å². The topological polar surface area (TPSA) is 52.3 Å². The highest BCUT2D eigenvalue weighted by atomic mass is 16.5. The lowest BCUT2D eigenvalue weighted by molar-refractivity contribution is 0.0526. The average molecular weight is 249 g/mol. The van der Waals surface area contributed by atoms with E-state index in [1.54, 1.807) is 0 Å². The van der Waals surface area contributed by atoms with Gasteiger partial charge in [-0.15, -0.1) is 0 Å². The summed E-state index contributed by atoms with van der Waals surface area (Å²) in [6, 6.07) is 7.94. The van der Waals surface area contributed by atoms with Crippen molar-refractivity contribution in [2.75, 3.05) is 6.61 Å². The summed E-state index contributed by atoms with van der Waals surface area (Å²) in [5.41, 5.74) is 7.73. The zero-order valence-electron chi connectivity index (χ0n) is 11.3. The second-order valence-corrected chi connectivity index (χ2v) is 4.48. The van der Waals surface area contributed by atoms with Gasteiger partial charge in [0.15, 0.2) is 0 Å². The van der Waals surface area contributed by atoms with Gasteiger partial charge in [-0.3, -0.25) is 0 Å². The summed E-state index contributed by atoms with van der Waals surface area (Å²) < 4.78 is 4.94. The molecule has 0 aliphatic carbocycles. The van der Waals surface area contributed by atoms with Gasteiger partial charge in [0.05, 0.1) is 12.2 Å². The van der Waals surface area contributed by atoms with Crippen LogP contribution in [0.2, 0.25) is 0 Å². The van der Waals surface area contributed by atoms with Crippen molar-refractivity contribution >= 4 is 5.97 Å². The Hall–Kier alpha value is -1.35. The minimum absolute atomic E-state index is 0.253. The molecule has 0 spiro atoms. The molecule has 3 heteroatoms. The predicted molar refractivity (Wildman–Crippen MR) is 73.6 cm³/mol. The largest absolute Gasteiger partial charge is 0.462 e. The van der Waals surface area contributed by atoms with Gasteiger partial charge in [-0.05, 0) is 50.3 Å². The number of carbonyl (C=O) groups excluding carboxylic acids is 1. The summed E-state index contributed by atoms with van der Waals surface area (Å²) in [6.45, 7) is 4.33. The molecule has 1 aromatic rings. The first-order valence-electron chi connectivity index (χ1n) is 6.69. The Bertz CT molecular complexity index is 359. The van der Waals surface area contributed by atoms with Crippen LogP contribution in [0.25, 0.3) is 0 Å². The van der Waals surface area contributed by atoms with Crippen LogP contribution in [0.1, 0.15) is 49.0 Å². The number of nitrogens with two attached hydrogens (primary N) is 1. The number of rotatable bonds is 7. The van der Waals surface area contributed by atoms with Gasteiger partial charge in [-0.1, -0.05) is 19.1 Å². The molecule has 0 saturated carbocycles. The predicted octanol–water partition coefficient (Wildman–Crippen LogP) is 2.92. The first-order valence-corrected chi connectivity index (χ1v) is 6.69. The molecule has 0 amide bonds. The molecule has 100 valence electrons. The van der Waals surface area contributed by atoms with Gasteiger partial charge in [-0.2, -0.15) is 0 Å². The van der Waals surface area contributed by atoms with Crippen molar-refractivity contribution in [1.82, 2.24) is 0 Å². The van der Waals surface area contributed by atoms with E-state index in [0.29, 0.717) is 18.2 Å². The standard InChI is InChI=1S/C15H23NO2/c1-3-14(16)7-5-6-12-8-10-13(11-9-12)15(17)18-4-2/h8-11,14H,3-7,16H2,1-2H3. The Labute approximate surface area is 109 Å². The van der Waals surface area contributed by atoms with Crippen LogP contribution in [0.3, 0.4) is 0 Å². The van der Waals surface area contributed by atoms with E-state index in [0.717, 1.165) is 25.7 Å². The molecule has 0 aliphatic rings. The summed E-state index contributed by atoms with van der Waals surface area (Å²) in [6.07, 6.45) is 4.18. The van der Waals surface area contributed by atoms with Gasteiger partial charge in [0.25, 0.3) is 0 Å². The maximum Gasteiger partial charge on any atom is 0.338 e. The monoisotopic (exact) mass is 249 g/mol. The van der Waals surface area contributed by atoms with E-state index in [4.69, 9.17) is 10.5 Å². The van der Waals surface area contributed by atoms with Crippen LogP contribution in [0.15, 0.2) is 24.3 Å². The molecule has 0 aliphatic heterocycles. The zero-order chi connectivity index (χ0) is 13.4. The van der Waals surface area contributed by atoms with Crippen LogP contribution in [0.5, 0.6) is 0 Å². The highest BCUT2D eigenvalue weighted by Crippen LogP contribution is 2.10. The van der Waals surface area contributed by atoms with Crippen molar-refractivity contribution < 1.29 is 9.53 Å². The first kappa shape index (κ1) is 14.7. The lowest BCUT2D eigenvalue weighted by atomic mass is 10.0. The minimum atomic E-state index is -0.253. The lowest BCUT2D eigenvalue weighted by Gasteiger charge is -2.08. The molecule has 0 fully saturated rings. The number of benzene rings is 1. The molecule has 3 nitrogen and oxygen atoms in total. The molecular weight excluding hydrogens is 226 g/mol. The molecule has 1 rings (SSSR count). The maximum atomic E-state index is 11.5. The Balaban J connectivity index is 2.43. The van der Waals surface area contributed by atoms with E-state index >= 15 is 0 Å². The molecule has 0 bridgehead atoms. The summed E-state index contributed by atoms with van der Waals surface area (Å²) in [5, 5.41) is 0. The van der Waals surface area contributed by atoms with E-state index in [1.165, 1.54) is 5.56 Å². The Kier molecular flexibility index (Phi) is 6.44. The van der Waals surface area contributed by atoms with Gasteiger partial charge in [0.2, 0.25) is 0 Å². The smallest absolute Gasteiger partial charge is 0.338 e. The number of carbonyl (C=O) groups is 1. The molecule has 1 unspecified atom stereocenters. The van der Waals surface area contributed by atoms with E-state index in [2.05, 4.69) is 6.92 Å². The van der Waals surface area contributed by atoms with Crippen LogP contribution >= 0.6 is 0 Å². The zero-order valence-corrected chi connectivity index (χ0v) is 11.3. The third-order valence-electron chi connectivity index (χ3n) is 3.03. The van der Waals surface area contributed by atoms with Crippen molar-refractivity contribution in [1.29, 1.82) is 0 Å². The average Bonchev–Trinajstić information content (AvgIpc) is 2.39. The van der Waals surface area contributed by atoms with Crippen molar-refractivity contribution in [3.63, 3.8) is 0 Å². The van der Waals surface area contributed by atoms with Crippen LogP contribution in [-0.4, -0.2) is 18.6 Å². The fourth-order valence-electron chi connectivity index (χ4n) is 1.79. The van der Waals surface area contributed by atoms with Crippen molar-refractivity contribution in [3.05, 3.63) is 35.4 Å². The number of hydrogen-bond donors (Lipinski definition) is 1. The summed E-state index contributed by atoms with van der Waals surface area (Å²) in [4.78, 5) is 11.5. The third-order valence-corrected chi connectivity index (χ3v) is 3.03. The van der Waals surface area contributed by atoms with E-state index in [1.807, 2.05) is 31.2 Å². The fourth-order valence-corrected chi connectivity index (χ4v) is 1.79. The van der Waals surface area contributed by atoms with Gasteiger partial charge in [0, 0.05) is 6.04 Å². The lowest BCUT2D eigenvalue weighted by Crippen LogP contribution is -2.18. The van der Waals surface area contributed by atoms with E-state index in [-0.39, 0.29) is 5.97 Å². The first-order chi connectivity index (χ1) is 8.67. The number of hydrogen-bond acceptors (Lipinski definition) is 3. The molecule has 18 heavy (non-hydrogen) atoms. The van der Waals surface area contributed by atoms with E-state index in [9.17, 15) is 4.79 Å². The van der Waals surface area contributed by atoms with Crippen LogP contribution in [-0.2, 0) is 11.2 Å². The normalized spacial score (nSPS) is 12.2. The second kappa shape index (κ2) is 7.88. The molecule has 0 saturated heterocycles. The highest BCUT2D eigenvalue weighted by molar-refractivity contribution is 5.89. The SMILES string of the molecule is CCOC(=O)c1ccc(CCCC(N)CC)cc1. The highest BCUT2D eigenvalue weighted by Gasteiger charge is 2.05. The van der Waals surface area contributed by atoms with Crippen LogP contribution in [0, 0.1) is 0 Å². The molecule has 2 N–H and O–H groups in total. The van der Waals surface area contributed by atoms with Crippen LogP contribution < -0.4 is 5.73 Å². The molecule has 1 aromatic carbocycles. The van der Waals surface area contributed by atoms with Gasteiger partial charge in [-0.25, -0.2) is 4.79 Å². The third kappa shape index (κ3) is 4.88. The van der Waals surface area contributed by atoms with Crippen LogP contribution in [0.4, 0.5) is 0 Å². The molecule has 0 heterocycles. The Morgan fingerprint density at radius 2 is 1.94 bits per heavy atom. The van der Waals surface area contributed by atoms with Gasteiger partial charge < -0.3 is 10.5 Å². The summed E-state index contributed by atoms with van der Waals surface area (Å²) in [5.74, 6) is -0.253. The van der Waals surface area contributed by atoms with Gasteiger partial charge >= 0.3 is 5.97 Å². The second-order valence-electron chi connectivity index (χ2n) is 4.48. The Morgan fingerprint density at radius 3 is 2.50 bits per heavy atom. The molecule has 0 aromatic heterocycles. The van der Waals surface area contributed by atoms with Gasteiger partial charge in [0.1, 0.15) is 0 Å². The maximum absolute atomic E-state index is 11.5. The van der Waals surface area contributed by atoms with Crippen molar-refractivity contribution in [2.45, 2.75) is 45.6 Å². The molecule has 1 atom stereocenters. The summed E-state index contributed by atoms with van der Waals surface area (Å²) in [7, 11) is 0. The fraction of sp³-hybridized carbons (Fsp3) is 0.533. The number of aryl methyl sites for hydroxylation is 1. The minimum Gasteiger partial charge on any atom is -0.462 e.